The Balaban J connectivity index is 1.93. The van der Waals surface area contributed by atoms with Crippen LogP contribution >= 0.6 is 11.5 Å². The average Bonchev–Trinajstić information content (AvgIpc) is 2.97. The van der Waals surface area contributed by atoms with E-state index in [1.165, 1.54) is 0 Å². The first-order chi connectivity index (χ1) is 11.1. The number of nitrogens with one attached hydrogen (secondary N) is 1. The number of carboxylic acids is 1. The smallest absolute Gasteiger partial charge is 0.357 e. The molecule has 5 nitrogen and oxygen atoms in total. The SMILES string of the molecule is O=C1C[C@H](c2cccc3ccccc23)c2snc(C(=O)O)c2N1. The van der Waals surface area contributed by atoms with Crippen LogP contribution in [0.1, 0.15) is 33.3 Å². The Morgan fingerprint density at radius 1 is 1.22 bits per heavy atom. The maximum atomic E-state index is 12.1. The second-order valence-electron chi connectivity index (χ2n) is 5.45. The Labute approximate surface area is 135 Å². The molecule has 6 heteroatoms. The van der Waals surface area contributed by atoms with Gasteiger partial charge in [0.1, 0.15) is 0 Å². The van der Waals surface area contributed by atoms with Crippen LogP contribution in [-0.4, -0.2) is 21.4 Å². The maximum Gasteiger partial charge on any atom is 0.357 e. The van der Waals surface area contributed by atoms with Gasteiger partial charge in [0.2, 0.25) is 5.91 Å². The van der Waals surface area contributed by atoms with Crippen molar-refractivity contribution in [1.29, 1.82) is 0 Å². The van der Waals surface area contributed by atoms with Crippen molar-refractivity contribution in [2.75, 3.05) is 5.32 Å². The van der Waals surface area contributed by atoms with Gasteiger partial charge in [-0.15, -0.1) is 0 Å². The van der Waals surface area contributed by atoms with Gasteiger partial charge < -0.3 is 10.4 Å². The normalized spacial score (nSPS) is 16.9. The van der Waals surface area contributed by atoms with E-state index in [9.17, 15) is 14.7 Å². The summed E-state index contributed by atoms with van der Waals surface area (Å²) in [5.41, 5.74) is 1.29. The van der Waals surface area contributed by atoms with Crippen LogP contribution in [0.15, 0.2) is 42.5 Å². The fourth-order valence-electron chi connectivity index (χ4n) is 3.08. The fourth-order valence-corrected chi connectivity index (χ4v) is 4.02. The average molecular weight is 324 g/mol. The molecule has 0 bridgehead atoms. The second-order valence-corrected chi connectivity index (χ2v) is 6.25. The lowest BCUT2D eigenvalue weighted by Crippen LogP contribution is -2.23. The van der Waals surface area contributed by atoms with E-state index in [0.29, 0.717) is 12.1 Å². The summed E-state index contributed by atoms with van der Waals surface area (Å²) < 4.78 is 4.01. The number of benzene rings is 2. The number of rotatable bonds is 2. The summed E-state index contributed by atoms with van der Waals surface area (Å²) in [5.74, 6) is -1.48. The number of amides is 1. The first-order valence-electron chi connectivity index (χ1n) is 7.15. The molecule has 0 spiro atoms. The number of carbonyl (C=O) groups excluding carboxylic acids is 1. The molecule has 1 aliphatic heterocycles. The summed E-state index contributed by atoms with van der Waals surface area (Å²) in [5, 5.41) is 14.1. The zero-order valence-corrected chi connectivity index (χ0v) is 12.8. The maximum absolute atomic E-state index is 12.1. The number of aromatic carboxylic acids is 1. The number of carboxylic acid groups (broad SMARTS) is 1. The highest BCUT2D eigenvalue weighted by Gasteiger charge is 2.33. The standard InChI is InChI=1S/C17H12N2O3S/c20-13-8-12(16-14(18-13)15(17(21)22)19-23-16)11-7-3-5-9-4-1-2-6-10(9)11/h1-7,12H,8H2,(H,18,20)(H,21,22)/t12-/m1/s1. The Bertz CT molecular complexity index is 943. The lowest BCUT2D eigenvalue weighted by atomic mass is 9.87. The van der Waals surface area contributed by atoms with Gasteiger partial charge in [-0.25, -0.2) is 4.79 Å². The van der Waals surface area contributed by atoms with Crippen molar-refractivity contribution in [3.8, 4) is 0 Å². The molecule has 114 valence electrons. The topological polar surface area (TPSA) is 79.3 Å². The van der Waals surface area contributed by atoms with Crippen LogP contribution in [0.2, 0.25) is 0 Å². The molecule has 1 aromatic heterocycles. The van der Waals surface area contributed by atoms with Crippen LogP contribution in [0.5, 0.6) is 0 Å². The lowest BCUT2D eigenvalue weighted by molar-refractivity contribution is -0.116. The van der Waals surface area contributed by atoms with Gasteiger partial charge in [-0.1, -0.05) is 42.5 Å². The van der Waals surface area contributed by atoms with Crippen LogP contribution in [0, 0.1) is 0 Å². The third-order valence-electron chi connectivity index (χ3n) is 4.09. The van der Waals surface area contributed by atoms with Gasteiger partial charge >= 0.3 is 5.97 Å². The van der Waals surface area contributed by atoms with E-state index in [0.717, 1.165) is 32.7 Å². The molecule has 1 amide bonds. The summed E-state index contributed by atoms with van der Waals surface area (Å²) in [6, 6.07) is 14.0. The Morgan fingerprint density at radius 3 is 2.83 bits per heavy atom. The number of hydrogen-bond donors (Lipinski definition) is 2. The van der Waals surface area contributed by atoms with Crippen LogP contribution in [0.4, 0.5) is 5.69 Å². The molecular formula is C17H12N2O3S. The number of fused-ring (bicyclic) bond motifs is 2. The van der Waals surface area contributed by atoms with Gasteiger partial charge in [-0.05, 0) is 27.9 Å². The van der Waals surface area contributed by atoms with Crippen molar-refractivity contribution in [2.45, 2.75) is 12.3 Å². The molecule has 2 heterocycles. The Hall–Kier alpha value is -2.73. The quantitative estimate of drug-likeness (QED) is 0.756. The van der Waals surface area contributed by atoms with Gasteiger partial charge in [0.15, 0.2) is 5.69 Å². The van der Waals surface area contributed by atoms with E-state index < -0.39 is 5.97 Å². The van der Waals surface area contributed by atoms with Crippen LogP contribution < -0.4 is 5.32 Å². The zero-order chi connectivity index (χ0) is 16.0. The summed E-state index contributed by atoms with van der Waals surface area (Å²) in [6.07, 6.45) is 0.294. The monoisotopic (exact) mass is 324 g/mol. The third-order valence-corrected chi connectivity index (χ3v) is 5.05. The molecular weight excluding hydrogens is 312 g/mol. The van der Waals surface area contributed by atoms with Gasteiger partial charge in [-0.3, -0.25) is 4.79 Å². The number of nitrogens with zero attached hydrogens (tertiary/aromatic N) is 1. The number of anilines is 1. The molecule has 0 fully saturated rings. The zero-order valence-electron chi connectivity index (χ0n) is 11.9. The van der Waals surface area contributed by atoms with Gasteiger partial charge in [0, 0.05) is 12.3 Å². The predicted molar refractivity (Wildman–Crippen MR) is 88.1 cm³/mol. The third kappa shape index (κ3) is 2.19. The minimum absolute atomic E-state index is 0.0803. The summed E-state index contributed by atoms with van der Waals surface area (Å²) in [6.45, 7) is 0. The number of aromatic nitrogens is 1. The highest BCUT2D eigenvalue weighted by atomic mass is 32.1. The van der Waals surface area contributed by atoms with E-state index >= 15 is 0 Å². The summed E-state index contributed by atoms with van der Waals surface area (Å²) in [7, 11) is 0. The molecule has 0 unspecified atom stereocenters. The lowest BCUT2D eigenvalue weighted by Gasteiger charge is -2.23. The predicted octanol–water partition coefficient (Wildman–Crippen LogP) is 3.47. The van der Waals surface area contributed by atoms with Gasteiger partial charge in [-0.2, -0.15) is 4.37 Å². The van der Waals surface area contributed by atoms with Crippen molar-refractivity contribution in [3.63, 3.8) is 0 Å². The first-order valence-corrected chi connectivity index (χ1v) is 7.93. The molecule has 2 aromatic carbocycles. The van der Waals surface area contributed by atoms with Crippen LogP contribution in [0.25, 0.3) is 10.8 Å². The first kappa shape index (κ1) is 13.9. The molecule has 0 saturated heterocycles. The van der Waals surface area contributed by atoms with Crippen molar-refractivity contribution >= 4 is 39.9 Å². The molecule has 0 aliphatic carbocycles. The summed E-state index contributed by atoms with van der Waals surface area (Å²) >= 11 is 1.15. The van der Waals surface area contributed by atoms with Crippen LogP contribution in [-0.2, 0) is 4.79 Å². The van der Waals surface area contributed by atoms with E-state index in [2.05, 4.69) is 9.69 Å². The van der Waals surface area contributed by atoms with E-state index in [4.69, 9.17) is 0 Å². The van der Waals surface area contributed by atoms with Gasteiger partial charge in [0.05, 0.1) is 10.6 Å². The minimum atomic E-state index is -1.12. The van der Waals surface area contributed by atoms with Crippen molar-refractivity contribution in [1.82, 2.24) is 4.37 Å². The van der Waals surface area contributed by atoms with E-state index in [1.807, 2.05) is 42.5 Å². The fraction of sp³-hybridized carbons (Fsp3) is 0.118. The van der Waals surface area contributed by atoms with E-state index in [-0.39, 0.29) is 17.5 Å². The molecule has 4 rings (SSSR count). The molecule has 2 N–H and O–H groups in total. The molecule has 0 saturated carbocycles. The molecule has 1 aliphatic rings. The van der Waals surface area contributed by atoms with E-state index in [1.54, 1.807) is 0 Å². The number of hydrogen-bond acceptors (Lipinski definition) is 4. The van der Waals surface area contributed by atoms with Gasteiger partial charge in [0.25, 0.3) is 0 Å². The van der Waals surface area contributed by atoms with Crippen LogP contribution in [0.3, 0.4) is 0 Å². The van der Waals surface area contributed by atoms with Crippen molar-refractivity contribution < 1.29 is 14.7 Å². The van der Waals surface area contributed by atoms with Crippen molar-refractivity contribution in [2.24, 2.45) is 0 Å². The number of carbonyl (C=O) groups is 2. The molecule has 3 aromatic rings. The largest absolute Gasteiger partial charge is 0.476 e. The Kier molecular flexibility index (Phi) is 3.12. The molecule has 23 heavy (non-hydrogen) atoms. The molecule has 0 radical (unpaired) electrons. The summed E-state index contributed by atoms with van der Waals surface area (Å²) in [4.78, 5) is 24.2. The molecule has 1 atom stereocenters. The highest BCUT2D eigenvalue weighted by Crippen LogP contribution is 2.43. The Morgan fingerprint density at radius 2 is 2.00 bits per heavy atom. The second kappa shape index (κ2) is 5.17. The highest BCUT2D eigenvalue weighted by molar-refractivity contribution is 7.06. The van der Waals surface area contributed by atoms with Crippen molar-refractivity contribution in [3.05, 3.63) is 58.6 Å². The minimum Gasteiger partial charge on any atom is -0.476 e.